The first-order chi connectivity index (χ1) is 8.93. The number of fused-ring (bicyclic) bond motifs is 1. The Bertz CT molecular complexity index is 614. The van der Waals surface area contributed by atoms with E-state index in [0.717, 1.165) is 4.90 Å². The summed E-state index contributed by atoms with van der Waals surface area (Å²) in [6.45, 7) is -0.0401. The number of nitrogen functional groups attached to an aromatic ring is 1. The number of carbonyl (C=O) groups excluding carboxylic acids is 3. The summed E-state index contributed by atoms with van der Waals surface area (Å²) in [4.78, 5) is 35.7. The van der Waals surface area contributed by atoms with Crippen LogP contribution in [0.15, 0.2) is 5.38 Å². The van der Waals surface area contributed by atoms with Crippen molar-refractivity contribution in [1.82, 2.24) is 10.2 Å². The maximum atomic E-state index is 14.8. The van der Waals surface area contributed by atoms with Gasteiger partial charge in [-0.05, 0) is 0 Å². The second-order valence-corrected chi connectivity index (χ2v) is 5.43. The van der Waals surface area contributed by atoms with Gasteiger partial charge in [-0.2, -0.15) is 0 Å². The van der Waals surface area contributed by atoms with E-state index in [1.807, 2.05) is 5.32 Å². The van der Waals surface area contributed by atoms with E-state index in [4.69, 9.17) is 5.73 Å². The molecule has 2 aliphatic heterocycles. The third-order valence-electron chi connectivity index (χ3n) is 3.43. The monoisotopic (exact) mass is 283 g/mol. The van der Waals surface area contributed by atoms with Gasteiger partial charge in [-0.15, -0.1) is 11.3 Å². The van der Waals surface area contributed by atoms with Crippen LogP contribution in [0.25, 0.3) is 0 Å². The molecular weight excluding hydrogens is 273 g/mol. The van der Waals surface area contributed by atoms with Gasteiger partial charge in [0.15, 0.2) is 0 Å². The van der Waals surface area contributed by atoms with Gasteiger partial charge in [-0.1, -0.05) is 0 Å². The predicted molar refractivity (Wildman–Crippen MR) is 64.8 cm³/mol. The van der Waals surface area contributed by atoms with Crippen LogP contribution in [0.1, 0.15) is 28.8 Å². The van der Waals surface area contributed by atoms with Crippen molar-refractivity contribution in [2.45, 2.75) is 25.2 Å². The molecule has 1 aromatic rings. The number of alkyl halides is 1. The van der Waals surface area contributed by atoms with Crippen molar-refractivity contribution in [3.8, 4) is 0 Å². The van der Waals surface area contributed by atoms with Crippen molar-refractivity contribution in [2.24, 2.45) is 0 Å². The van der Waals surface area contributed by atoms with Crippen LogP contribution >= 0.6 is 11.3 Å². The first kappa shape index (κ1) is 12.1. The van der Waals surface area contributed by atoms with Crippen LogP contribution in [0.3, 0.4) is 0 Å². The molecule has 0 spiro atoms. The third-order valence-corrected chi connectivity index (χ3v) is 4.28. The number of hydrogen-bond acceptors (Lipinski definition) is 5. The number of carbonyl (C=O) groups is 3. The Morgan fingerprint density at radius 3 is 2.79 bits per heavy atom. The lowest BCUT2D eigenvalue weighted by molar-refractivity contribution is -0.154. The van der Waals surface area contributed by atoms with Gasteiger partial charge in [0.1, 0.15) is 0 Å². The normalized spacial score (nSPS) is 26.6. The van der Waals surface area contributed by atoms with Crippen molar-refractivity contribution in [3.63, 3.8) is 0 Å². The van der Waals surface area contributed by atoms with Crippen molar-refractivity contribution in [2.75, 3.05) is 5.73 Å². The molecule has 0 aliphatic carbocycles. The molecule has 1 fully saturated rings. The number of nitrogens with one attached hydrogen (secondary N) is 1. The van der Waals surface area contributed by atoms with Gasteiger partial charge in [0.25, 0.3) is 17.6 Å². The molecule has 1 atom stereocenters. The van der Waals surface area contributed by atoms with Crippen LogP contribution in [0.2, 0.25) is 0 Å². The minimum absolute atomic E-state index is 0.0401. The maximum Gasteiger partial charge on any atom is 0.285 e. The van der Waals surface area contributed by atoms with E-state index >= 15 is 0 Å². The van der Waals surface area contributed by atoms with Crippen molar-refractivity contribution in [1.29, 1.82) is 0 Å². The molecule has 2 aliphatic rings. The van der Waals surface area contributed by atoms with E-state index in [9.17, 15) is 18.8 Å². The molecule has 3 heterocycles. The highest BCUT2D eigenvalue weighted by Crippen LogP contribution is 2.39. The zero-order valence-electron chi connectivity index (χ0n) is 9.73. The number of halogens is 1. The molecule has 0 radical (unpaired) electrons. The lowest BCUT2D eigenvalue weighted by Crippen LogP contribution is -2.60. The Hall–Kier alpha value is -1.96. The van der Waals surface area contributed by atoms with Crippen LogP contribution in [0.5, 0.6) is 0 Å². The molecule has 19 heavy (non-hydrogen) atoms. The van der Waals surface area contributed by atoms with Crippen LogP contribution in [-0.4, -0.2) is 28.4 Å². The SMILES string of the molecule is Nc1scc2c1CN(C1(F)CCC(=O)NC1=O)C2=O. The number of rotatable bonds is 1. The minimum atomic E-state index is -2.48. The smallest absolute Gasteiger partial charge is 0.285 e. The molecule has 1 unspecified atom stereocenters. The minimum Gasteiger partial charge on any atom is -0.390 e. The van der Waals surface area contributed by atoms with Crippen molar-refractivity contribution < 1.29 is 18.8 Å². The zero-order chi connectivity index (χ0) is 13.8. The van der Waals surface area contributed by atoms with Gasteiger partial charge < -0.3 is 5.73 Å². The Morgan fingerprint density at radius 1 is 1.42 bits per heavy atom. The first-order valence-electron chi connectivity index (χ1n) is 5.64. The molecular formula is C11H10FN3O3S. The molecule has 6 nitrogen and oxygen atoms in total. The van der Waals surface area contributed by atoms with Gasteiger partial charge in [0.2, 0.25) is 5.91 Å². The molecule has 0 saturated carbocycles. The van der Waals surface area contributed by atoms with E-state index in [-0.39, 0.29) is 19.4 Å². The summed E-state index contributed by atoms with van der Waals surface area (Å²) in [5.41, 5.74) is 6.60. The number of amides is 3. The Morgan fingerprint density at radius 2 is 2.16 bits per heavy atom. The fourth-order valence-electron chi connectivity index (χ4n) is 2.34. The van der Waals surface area contributed by atoms with Crippen LogP contribution in [0.4, 0.5) is 9.39 Å². The number of anilines is 1. The molecule has 8 heteroatoms. The second-order valence-electron chi connectivity index (χ2n) is 4.52. The van der Waals surface area contributed by atoms with Gasteiger partial charge >= 0.3 is 0 Å². The Labute approximate surface area is 111 Å². The molecule has 3 N–H and O–H groups in total. The maximum absolute atomic E-state index is 14.8. The number of hydrogen-bond donors (Lipinski definition) is 2. The summed E-state index contributed by atoms with van der Waals surface area (Å²) in [6, 6.07) is 0. The topological polar surface area (TPSA) is 92.5 Å². The second kappa shape index (κ2) is 3.77. The lowest BCUT2D eigenvalue weighted by Gasteiger charge is -2.35. The molecule has 3 amide bonds. The standard InChI is InChI=1S/C11H10FN3O3S/c12-11(2-1-7(16)14-10(11)18)15-3-5-6(9(15)17)4-19-8(5)13/h4H,1-3,13H2,(H,14,16,18). The van der Waals surface area contributed by atoms with Crippen LogP contribution in [-0.2, 0) is 16.1 Å². The molecule has 0 bridgehead atoms. The summed E-state index contributed by atoms with van der Waals surface area (Å²) >= 11 is 1.21. The van der Waals surface area contributed by atoms with Gasteiger partial charge in [0.05, 0.1) is 17.1 Å². The van der Waals surface area contributed by atoms with E-state index in [1.54, 1.807) is 5.38 Å². The molecule has 3 rings (SSSR count). The summed E-state index contributed by atoms with van der Waals surface area (Å²) in [7, 11) is 0. The van der Waals surface area contributed by atoms with Gasteiger partial charge in [-0.25, -0.2) is 4.39 Å². The van der Waals surface area contributed by atoms with Gasteiger partial charge in [0, 0.05) is 23.8 Å². The van der Waals surface area contributed by atoms with Crippen LogP contribution in [0, 0.1) is 0 Å². The fourth-order valence-corrected chi connectivity index (χ4v) is 3.14. The molecule has 1 saturated heterocycles. The zero-order valence-corrected chi connectivity index (χ0v) is 10.6. The largest absolute Gasteiger partial charge is 0.390 e. The molecule has 0 aromatic carbocycles. The highest BCUT2D eigenvalue weighted by molar-refractivity contribution is 7.14. The van der Waals surface area contributed by atoms with Crippen molar-refractivity contribution >= 4 is 34.1 Å². The predicted octanol–water partition coefficient (Wildman–Crippen LogP) is 0.388. The van der Waals surface area contributed by atoms with Crippen LogP contribution < -0.4 is 11.1 Å². The van der Waals surface area contributed by atoms with E-state index < -0.39 is 23.5 Å². The number of nitrogens with two attached hydrogens (primary N) is 1. The summed E-state index contributed by atoms with van der Waals surface area (Å²) in [5.74, 6) is -4.65. The Kier molecular flexibility index (Phi) is 2.40. The van der Waals surface area contributed by atoms with E-state index in [1.165, 1.54) is 11.3 Å². The summed E-state index contributed by atoms with van der Waals surface area (Å²) in [6.07, 6.45) is -0.453. The first-order valence-corrected chi connectivity index (χ1v) is 6.52. The molecule has 1 aromatic heterocycles. The summed E-state index contributed by atoms with van der Waals surface area (Å²) in [5, 5.41) is 3.93. The summed E-state index contributed by atoms with van der Waals surface area (Å²) < 4.78 is 14.8. The number of thiophene rings is 1. The van der Waals surface area contributed by atoms with E-state index in [2.05, 4.69) is 0 Å². The lowest BCUT2D eigenvalue weighted by atomic mass is 10.0. The Balaban J connectivity index is 1.94. The average molecular weight is 283 g/mol. The van der Waals surface area contributed by atoms with E-state index in [0.29, 0.717) is 16.1 Å². The highest BCUT2D eigenvalue weighted by atomic mass is 32.1. The number of nitrogens with zero attached hydrogens (tertiary/aromatic N) is 1. The third kappa shape index (κ3) is 1.56. The molecule has 100 valence electrons. The fraction of sp³-hybridized carbons (Fsp3) is 0.364. The van der Waals surface area contributed by atoms with Gasteiger partial charge in [-0.3, -0.25) is 24.6 Å². The highest BCUT2D eigenvalue weighted by Gasteiger charge is 2.53. The number of imide groups is 1. The number of piperidine rings is 1. The quantitative estimate of drug-likeness (QED) is 0.576. The average Bonchev–Trinajstić information content (AvgIpc) is 2.87. The van der Waals surface area contributed by atoms with Crippen molar-refractivity contribution in [3.05, 3.63) is 16.5 Å².